The smallest absolute Gasteiger partial charge is 0.248 e. The van der Waals surface area contributed by atoms with Crippen molar-refractivity contribution in [2.75, 3.05) is 27.2 Å². The molecule has 1 saturated heterocycles. The Kier molecular flexibility index (Phi) is 4.73. The Hall–Kier alpha value is -1.10. The minimum atomic E-state index is -0.773. The Bertz CT molecular complexity index is 326. The van der Waals surface area contributed by atoms with Crippen LogP contribution in [0.2, 0.25) is 0 Å². The fraction of sp³-hybridized carbons (Fsp3) is 0.846. The molecule has 5 heteroatoms. The van der Waals surface area contributed by atoms with Crippen LogP contribution in [0.1, 0.15) is 33.6 Å². The fourth-order valence-electron chi connectivity index (χ4n) is 2.15. The molecule has 0 aromatic heterocycles. The van der Waals surface area contributed by atoms with Gasteiger partial charge in [-0.25, -0.2) is 0 Å². The molecular weight excluding hydrogens is 230 g/mol. The number of amides is 2. The van der Waals surface area contributed by atoms with Crippen molar-refractivity contribution in [1.29, 1.82) is 0 Å². The lowest BCUT2D eigenvalue weighted by Gasteiger charge is -2.41. The van der Waals surface area contributed by atoms with Crippen molar-refractivity contribution in [2.24, 2.45) is 0 Å². The number of carbonyl (C=O) groups excluding carboxylic acids is 2. The minimum absolute atomic E-state index is 0.0134. The first-order valence-electron chi connectivity index (χ1n) is 6.53. The van der Waals surface area contributed by atoms with Gasteiger partial charge in [-0.05, 0) is 54.3 Å². The summed E-state index contributed by atoms with van der Waals surface area (Å²) in [6.07, 6.45) is 1.96. The average molecular weight is 255 g/mol. The molecule has 1 fully saturated rings. The molecule has 0 radical (unpaired) electrons. The van der Waals surface area contributed by atoms with Crippen LogP contribution in [0, 0.1) is 0 Å². The summed E-state index contributed by atoms with van der Waals surface area (Å²) >= 11 is 0. The van der Waals surface area contributed by atoms with Gasteiger partial charge in [0.2, 0.25) is 11.8 Å². The van der Waals surface area contributed by atoms with Crippen molar-refractivity contribution in [3.63, 3.8) is 0 Å². The quantitative estimate of drug-likeness (QED) is 0.726. The molecule has 1 N–H and O–H groups in total. The largest absolute Gasteiger partial charge is 0.340 e. The first-order valence-corrected chi connectivity index (χ1v) is 6.53. The molecule has 0 spiro atoms. The number of hydrogen-bond donors (Lipinski definition) is 1. The van der Waals surface area contributed by atoms with Crippen molar-refractivity contribution in [1.82, 2.24) is 15.1 Å². The van der Waals surface area contributed by atoms with Crippen molar-refractivity contribution >= 4 is 11.8 Å². The number of hydrogen-bond acceptors (Lipinski definition) is 3. The molecular formula is C13H25N3O2. The molecule has 18 heavy (non-hydrogen) atoms. The number of unbranched alkanes of at least 4 members (excludes halogenated alkanes) is 1. The summed E-state index contributed by atoms with van der Waals surface area (Å²) in [4.78, 5) is 27.9. The molecule has 1 rings (SSSR count). The highest BCUT2D eigenvalue weighted by Gasteiger charge is 2.42. The predicted octanol–water partition coefficient (Wildman–Crippen LogP) is 0.454. The summed E-state index contributed by atoms with van der Waals surface area (Å²) in [6.45, 7) is 6.96. The normalized spacial score (nSPS) is 23.4. The maximum Gasteiger partial charge on any atom is 0.248 e. The molecule has 1 aliphatic heterocycles. The standard InChI is InChI=1S/C13H25N3O2/c1-10-11(17)14-13(2,3)12(18)16(10)9-7-6-8-15(4)5/h10H,6-9H2,1-5H3,(H,14,17). The van der Waals surface area contributed by atoms with Gasteiger partial charge in [-0.1, -0.05) is 0 Å². The van der Waals surface area contributed by atoms with Gasteiger partial charge in [0.05, 0.1) is 0 Å². The zero-order valence-corrected chi connectivity index (χ0v) is 12.1. The molecule has 2 amide bonds. The summed E-state index contributed by atoms with van der Waals surface area (Å²) in [5, 5.41) is 2.76. The van der Waals surface area contributed by atoms with Crippen LogP contribution in [0.3, 0.4) is 0 Å². The molecule has 0 aliphatic carbocycles. The summed E-state index contributed by atoms with van der Waals surface area (Å²) in [5.41, 5.74) is -0.773. The van der Waals surface area contributed by atoms with Gasteiger partial charge in [0, 0.05) is 6.54 Å². The van der Waals surface area contributed by atoms with Gasteiger partial charge in [-0.2, -0.15) is 0 Å². The molecule has 1 aliphatic rings. The fourth-order valence-corrected chi connectivity index (χ4v) is 2.15. The maximum atomic E-state index is 12.2. The highest BCUT2D eigenvalue weighted by Crippen LogP contribution is 2.18. The average Bonchev–Trinajstić information content (AvgIpc) is 2.25. The molecule has 104 valence electrons. The van der Waals surface area contributed by atoms with E-state index >= 15 is 0 Å². The molecule has 0 aromatic rings. The van der Waals surface area contributed by atoms with Crippen LogP contribution in [-0.4, -0.2) is 60.4 Å². The predicted molar refractivity (Wildman–Crippen MR) is 71.2 cm³/mol. The third-order valence-electron chi connectivity index (χ3n) is 3.33. The van der Waals surface area contributed by atoms with Gasteiger partial charge >= 0.3 is 0 Å². The second-order valence-corrected chi connectivity index (χ2v) is 5.80. The topological polar surface area (TPSA) is 52.7 Å². The monoisotopic (exact) mass is 255 g/mol. The highest BCUT2D eigenvalue weighted by atomic mass is 16.2. The van der Waals surface area contributed by atoms with Crippen molar-refractivity contribution in [3.8, 4) is 0 Å². The Balaban J connectivity index is 2.56. The molecule has 5 nitrogen and oxygen atoms in total. The number of carbonyl (C=O) groups is 2. The van der Waals surface area contributed by atoms with Crippen molar-refractivity contribution in [3.05, 3.63) is 0 Å². The Morgan fingerprint density at radius 3 is 2.44 bits per heavy atom. The lowest BCUT2D eigenvalue weighted by Crippen LogP contribution is -2.67. The number of nitrogens with zero attached hydrogens (tertiary/aromatic N) is 2. The third-order valence-corrected chi connectivity index (χ3v) is 3.33. The van der Waals surface area contributed by atoms with Crippen LogP contribution < -0.4 is 5.32 Å². The van der Waals surface area contributed by atoms with Gasteiger partial charge < -0.3 is 15.1 Å². The number of nitrogens with one attached hydrogen (secondary N) is 1. The van der Waals surface area contributed by atoms with Crippen molar-refractivity contribution in [2.45, 2.75) is 45.2 Å². The molecule has 0 bridgehead atoms. The molecule has 0 saturated carbocycles. The van der Waals surface area contributed by atoms with Crippen LogP contribution in [0.5, 0.6) is 0 Å². The van der Waals surface area contributed by atoms with E-state index in [1.807, 2.05) is 14.1 Å². The Labute approximate surface area is 110 Å². The second-order valence-electron chi connectivity index (χ2n) is 5.80. The van der Waals surface area contributed by atoms with E-state index in [-0.39, 0.29) is 17.9 Å². The Morgan fingerprint density at radius 1 is 1.28 bits per heavy atom. The van der Waals surface area contributed by atoms with E-state index in [4.69, 9.17) is 0 Å². The summed E-state index contributed by atoms with van der Waals surface area (Å²) in [6, 6.07) is -0.357. The van der Waals surface area contributed by atoms with E-state index in [2.05, 4.69) is 10.2 Å². The molecule has 1 unspecified atom stereocenters. The maximum absolute atomic E-state index is 12.2. The molecule has 0 aromatic carbocycles. The SMILES string of the molecule is CC1C(=O)NC(C)(C)C(=O)N1CCCCN(C)C. The van der Waals surface area contributed by atoms with E-state index in [0.717, 1.165) is 19.4 Å². The van der Waals surface area contributed by atoms with Gasteiger partial charge in [0.15, 0.2) is 0 Å². The van der Waals surface area contributed by atoms with Crippen molar-refractivity contribution < 1.29 is 9.59 Å². The van der Waals surface area contributed by atoms with Crippen LogP contribution in [0.4, 0.5) is 0 Å². The van der Waals surface area contributed by atoms with Crippen LogP contribution >= 0.6 is 0 Å². The first kappa shape index (κ1) is 15.0. The van der Waals surface area contributed by atoms with E-state index in [1.165, 1.54) is 0 Å². The van der Waals surface area contributed by atoms with Gasteiger partial charge in [0.25, 0.3) is 0 Å². The minimum Gasteiger partial charge on any atom is -0.340 e. The van der Waals surface area contributed by atoms with Gasteiger partial charge in [0.1, 0.15) is 11.6 Å². The summed E-state index contributed by atoms with van der Waals surface area (Å²) < 4.78 is 0. The Morgan fingerprint density at radius 2 is 1.89 bits per heavy atom. The molecule has 1 atom stereocenters. The lowest BCUT2D eigenvalue weighted by atomic mass is 9.97. The second kappa shape index (κ2) is 5.69. The lowest BCUT2D eigenvalue weighted by molar-refractivity contribution is -0.152. The zero-order chi connectivity index (χ0) is 13.9. The number of rotatable bonds is 5. The first-order chi connectivity index (χ1) is 8.25. The molecule has 1 heterocycles. The number of piperazine rings is 1. The van der Waals surface area contributed by atoms with Crippen LogP contribution in [-0.2, 0) is 9.59 Å². The van der Waals surface area contributed by atoms with Gasteiger partial charge in [-0.3, -0.25) is 9.59 Å². The van der Waals surface area contributed by atoms with E-state index in [1.54, 1.807) is 25.7 Å². The summed E-state index contributed by atoms with van der Waals surface area (Å²) in [5.74, 6) is -0.0494. The van der Waals surface area contributed by atoms with Crippen LogP contribution in [0.25, 0.3) is 0 Å². The third kappa shape index (κ3) is 3.45. The van der Waals surface area contributed by atoms with Gasteiger partial charge in [-0.15, -0.1) is 0 Å². The zero-order valence-electron chi connectivity index (χ0n) is 12.1. The summed E-state index contributed by atoms with van der Waals surface area (Å²) in [7, 11) is 4.07. The van der Waals surface area contributed by atoms with E-state index in [9.17, 15) is 9.59 Å². The van der Waals surface area contributed by atoms with E-state index in [0.29, 0.717) is 6.54 Å². The highest BCUT2D eigenvalue weighted by molar-refractivity contribution is 5.99. The van der Waals surface area contributed by atoms with Crippen LogP contribution in [0.15, 0.2) is 0 Å². The van der Waals surface area contributed by atoms with E-state index < -0.39 is 5.54 Å².